The number of halogens is 3. The number of rotatable bonds is 0. The molecule has 5 heteroatoms. The molecule has 2 radical (unpaired) electrons. The average Bonchev–Trinajstić information content (AvgIpc) is 0.811. The smallest absolute Gasteiger partial charge is 0.125 e. The monoisotopic (exact) mass is 196 g/mol. The van der Waals surface area contributed by atoms with E-state index in [1.54, 1.807) is 0 Å². The van der Waals surface area contributed by atoms with Crippen LogP contribution in [0.3, 0.4) is 0 Å². The molecule has 0 fully saturated rings. The molecule has 0 spiro atoms. The molecule has 0 saturated carbocycles. The molecule has 0 bridgehead atoms. The predicted octanol–water partition coefficient (Wildman–Crippen LogP) is 1.69. The summed E-state index contributed by atoms with van der Waals surface area (Å²) in [6.45, 7) is -1.46. The third kappa shape index (κ3) is 28.3. The Balaban J connectivity index is 0. The van der Waals surface area contributed by atoms with Gasteiger partial charge in [0.1, 0.15) is 0 Å². The zero-order chi connectivity index (χ0) is 3.58. The van der Waals surface area contributed by atoms with E-state index in [1.165, 1.54) is 0 Å². The van der Waals surface area contributed by atoms with Crippen LogP contribution in [0.5, 0.6) is 0 Å². The van der Waals surface area contributed by atoms with E-state index in [0.717, 1.165) is 0 Å². The second-order valence-corrected chi connectivity index (χ2v) is 5.79. The molecule has 0 aliphatic carbocycles. The van der Waals surface area contributed by atoms with Crippen molar-refractivity contribution in [1.29, 1.82) is 0 Å². The Morgan fingerprint density at radius 1 is 1.00 bits per heavy atom. The molecule has 0 rings (SSSR count). The van der Waals surface area contributed by atoms with Gasteiger partial charge >= 0.3 is 6.73 Å². The third-order valence-electron chi connectivity index (χ3n) is 0. The molecule has 0 aromatic rings. The minimum Gasteiger partial charge on any atom is -0.125 e. The molecule has 0 unspecified atom stereocenters. The van der Waals surface area contributed by atoms with E-state index in [0.29, 0.717) is 0 Å². The average molecular weight is 198 g/mol. The first-order valence-corrected chi connectivity index (χ1v) is 5.10. The van der Waals surface area contributed by atoms with Crippen LogP contribution >= 0.6 is 33.2 Å². The summed E-state index contributed by atoms with van der Waals surface area (Å²) in [6, 6.07) is 0. The van der Waals surface area contributed by atoms with Crippen LogP contribution in [0.4, 0.5) is 0 Å². The van der Waals surface area contributed by atoms with Gasteiger partial charge < -0.3 is 0 Å². The van der Waals surface area contributed by atoms with Crippen LogP contribution in [-0.4, -0.2) is 6.73 Å². The quantitative estimate of drug-likeness (QED) is 0.410. The first-order chi connectivity index (χ1) is 1.73. The van der Waals surface area contributed by atoms with Crippen molar-refractivity contribution in [3.63, 3.8) is 0 Å². The van der Waals surface area contributed by atoms with Crippen LogP contribution in [0.2, 0.25) is 0 Å². The Hall–Kier alpha value is 1.61. The Bertz CT molecular complexity index is 11.6. The predicted molar refractivity (Wildman–Crippen MR) is 23.3 cm³/mol. The molecule has 0 heterocycles. The van der Waals surface area contributed by atoms with E-state index >= 15 is 0 Å². The summed E-state index contributed by atoms with van der Waals surface area (Å²) in [6.07, 6.45) is 0. The van der Waals surface area contributed by atoms with Crippen LogP contribution < -0.4 is 0 Å². The molecule has 5 heavy (non-hydrogen) atoms. The summed E-state index contributed by atoms with van der Waals surface area (Å²) in [5.74, 6) is 0. The molecular weight excluding hydrogens is 198 g/mol. The van der Waals surface area contributed by atoms with Crippen molar-refractivity contribution < 1.29 is 17.1 Å². The fourth-order valence-corrected chi connectivity index (χ4v) is 0. The van der Waals surface area contributed by atoms with Gasteiger partial charge in [0, 0.05) is 17.1 Å². The van der Waals surface area contributed by atoms with Gasteiger partial charge in [-0.05, 0) is 0 Å². The van der Waals surface area contributed by atoms with E-state index in [-0.39, 0.29) is 17.1 Å². The summed E-state index contributed by atoms with van der Waals surface area (Å²) < 4.78 is 0. The first kappa shape index (κ1) is 9.79. The molecule has 36 valence electrons. The minimum atomic E-state index is -1.46. The van der Waals surface area contributed by atoms with Crippen molar-refractivity contribution in [2.75, 3.05) is 0 Å². The van der Waals surface area contributed by atoms with E-state index in [2.05, 4.69) is 0 Å². The number of hydrogen-bond acceptors (Lipinski definition) is 0. The SMILES string of the molecule is Cl[Si](Cl)Cl.[Cu]. The van der Waals surface area contributed by atoms with Crippen LogP contribution in [-0.2, 0) is 17.1 Å². The van der Waals surface area contributed by atoms with Crippen molar-refractivity contribution in [1.82, 2.24) is 0 Å². The Morgan fingerprint density at radius 3 is 1.00 bits per heavy atom. The topological polar surface area (TPSA) is 0 Å². The van der Waals surface area contributed by atoms with Crippen LogP contribution in [0.15, 0.2) is 0 Å². The maximum absolute atomic E-state index is 4.91. The summed E-state index contributed by atoms with van der Waals surface area (Å²) in [5.41, 5.74) is 0. The summed E-state index contributed by atoms with van der Waals surface area (Å²) in [4.78, 5) is 0. The molecular formula is Cl3CuSi. The zero-order valence-electron chi connectivity index (χ0n) is 1.94. The Morgan fingerprint density at radius 2 is 1.00 bits per heavy atom. The minimum absolute atomic E-state index is 0. The standard InChI is InChI=1S/Cl3Si.Cu/c1-4(2)3;. The van der Waals surface area contributed by atoms with Crippen LogP contribution in [0, 0.1) is 0 Å². The summed E-state index contributed by atoms with van der Waals surface area (Å²) >= 11 is 14.7. The fraction of sp³-hybridized carbons (Fsp3) is 0. The second-order valence-electron chi connectivity index (χ2n) is 0.214. The van der Waals surface area contributed by atoms with Gasteiger partial charge in [0.2, 0.25) is 0 Å². The molecule has 0 aromatic carbocycles. The van der Waals surface area contributed by atoms with E-state index < -0.39 is 6.73 Å². The van der Waals surface area contributed by atoms with Gasteiger partial charge in [-0.15, -0.1) is 33.2 Å². The zero-order valence-corrected chi connectivity index (χ0v) is 6.14. The van der Waals surface area contributed by atoms with Gasteiger partial charge in [-0.25, -0.2) is 0 Å². The van der Waals surface area contributed by atoms with Gasteiger partial charge in [0.15, 0.2) is 0 Å². The molecule has 0 saturated heterocycles. The Labute approximate surface area is 57.0 Å². The maximum atomic E-state index is 4.91. The van der Waals surface area contributed by atoms with Gasteiger partial charge in [0.25, 0.3) is 0 Å². The third-order valence-corrected chi connectivity index (χ3v) is 0. The maximum Gasteiger partial charge on any atom is 0.376 e. The molecule has 0 N–H and O–H groups in total. The van der Waals surface area contributed by atoms with E-state index in [1.807, 2.05) is 0 Å². The fourth-order valence-electron chi connectivity index (χ4n) is 0. The van der Waals surface area contributed by atoms with Crippen molar-refractivity contribution in [3.8, 4) is 0 Å². The van der Waals surface area contributed by atoms with Gasteiger partial charge in [0.05, 0.1) is 0 Å². The van der Waals surface area contributed by atoms with Crippen LogP contribution in [0.1, 0.15) is 0 Å². The van der Waals surface area contributed by atoms with E-state index in [4.69, 9.17) is 33.2 Å². The largest absolute Gasteiger partial charge is 0.376 e. The summed E-state index contributed by atoms with van der Waals surface area (Å²) in [7, 11) is 0. The molecule has 0 atom stereocenters. The first-order valence-electron chi connectivity index (χ1n) is 0.567. The van der Waals surface area contributed by atoms with Crippen molar-refractivity contribution in [3.05, 3.63) is 0 Å². The van der Waals surface area contributed by atoms with Crippen molar-refractivity contribution in [2.45, 2.75) is 0 Å². The molecule has 0 aliphatic rings. The van der Waals surface area contributed by atoms with E-state index in [9.17, 15) is 0 Å². The van der Waals surface area contributed by atoms with Crippen LogP contribution in [0.25, 0.3) is 0 Å². The van der Waals surface area contributed by atoms with Gasteiger partial charge in [-0.3, -0.25) is 0 Å². The molecule has 0 nitrogen and oxygen atoms in total. The molecule has 0 aliphatic heterocycles. The van der Waals surface area contributed by atoms with Gasteiger partial charge in [-0.2, -0.15) is 0 Å². The summed E-state index contributed by atoms with van der Waals surface area (Å²) in [5, 5.41) is 0. The molecule has 0 aromatic heterocycles. The second kappa shape index (κ2) is 5.61. The van der Waals surface area contributed by atoms with Crippen molar-refractivity contribution >= 4 is 40.0 Å². The van der Waals surface area contributed by atoms with Gasteiger partial charge in [-0.1, -0.05) is 0 Å². The number of hydrogen-bond donors (Lipinski definition) is 0. The molecule has 0 amide bonds. The normalized spacial score (nSPS) is 7.20. The Kier molecular flexibility index (Phi) is 11.0. The van der Waals surface area contributed by atoms with Crippen molar-refractivity contribution in [2.24, 2.45) is 0 Å².